The summed E-state index contributed by atoms with van der Waals surface area (Å²) in [5, 5.41) is 1.26. The summed E-state index contributed by atoms with van der Waals surface area (Å²) in [5.74, 6) is 1.44. The van der Waals surface area contributed by atoms with Gasteiger partial charge in [-0.2, -0.15) is 4.37 Å². The van der Waals surface area contributed by atoms with Crippen molar-refractivity contribution in [1.82, 2.24) is 9.36 Å². The van der Waals surface area contributed by atoms with Gasteiger partial charge in [0.25, 0.3) is 0 Å². The van der Waals surface area contributed by atoms with E-state index in [1.165, 1.54) is 11.5 Å². The van der Waals surface area contributed by atoms with E-state index in [0.29, 0.717) is 10.9 Å². The van der Waals surface area contributed by atoms with Crippen LogP contribution < -0.4 is 5.73 Å². The third-order valence-electron chi connectivity index (χ3n) is 1.68. The lowest BCUT2D eigenvalue weighted by Crippen LogP contribution is -1.86. The van der Waals surface area contributed by atoms with Crippen LogP contribution in [0.1, 0.15) is 5.82 Å². The Kier molecular flexibility index (Phi) is 3.45. The molecule has 6 heteroatoms. The van der Waals surface area contributed by atoms with Crippen LogP contribution in [0, 0.1) is 0 Å². The molecule has 0 unspecified atom stereocenters. The first-order valence-electron chi connectivity index (χ1n) is 4.21. The molecular formula is C9H8ClN3S2. The van der Waals surface area contributed by atoms with Crippen molar-refractivity contribution in [2.24, 2.45) is 0 Å². The summed E-state index contributed by atoms with van der Waals surface area (Å²) < 4.78 is 4.10. The molecule has 0 amide bonds. The van der Waals surface area contributed by atoms with Crippen molar-refractivity contribution in [1.29, 1.82) is 0 Å². The third-order valence-corrected chi connectivity index (χ3v) is 3.77. The molecule has 15 heavy (non-hydrogen) atoms. The van der Waals surface area contributed by atoms with E-state index in [4.69, 9.17) is 17.3 Å². The highest BCUT2D eigenvalue weighted by Gasteiger charge is 2.04. The Morgan fingerprint density at radius 2 is 2.20 bits per heavy atom. The highest BCUT2D eigenvalue weighted by Crippen LogP contribution is 2.28. The van der Waals surface area contributed by atoms with E-state index in [0.717, 1.165) is 15.7 Å². The van der Waals surface area contributed by atoms with E-state index in [1.54, 1.807) is 11.8 Å². The van der Waals surface area contributed by atoms with Crippen molar-refractivity contribution >= 4 is 40.0 Å². The highest BCUT2D eigenvalue weighted by atomic mass is 35.5. The molecular weight excluding hydrogens is 250 g/mol. The largest absolute Gasteiger partial charge is 0.374 e. The van der Waals surface area contributed by atoms with Crippen molar-refractivity contribution in [3.05, 3.63) is 35.1 Å². The Balaban J connectivity index is 2.02. The molecule has 2 aromatic rings. The zero-order chi connectivity index (χ0) is 10.7. The smallest absolute Gasteiger partial charge is 0.199 e. The van der Waals surface area contributed by atoms with Gasteiger partial charge in [0.2, 0.25) is 0 Å². The summed E-state index contributed by atoms with van der Waals surface area (Å²) in [6.45, 7) is 0. The molecule has 1 heterocycles. The first kappa shape index (κ1) is 10.7. The maximum absolute atomic E-state index is 6.01. The van der Waals surface area contributed by atoms with Crippen LogP contribution in [-0.4, -0.2) is 9.36 Å². The monoisotopic (exact) mass is 257 g/mol. The van der Waals surface area contributed by atoms with Gasteiger partial charge < -0.3 is 5.73 Å². The van der Waals surface area contributed by atoms with E-state index < -0.39 is 0 Å². The minimum absolute atomic E-state index is 0.504. The van der Waals surface area contributed by atoms with Crippen LogP contribution in [0.15, 0.2) is 29.2 Å². The van der Waals surface area contributed by atoms with Crippen LogP contribution in [0.3, 0.4) is 0 Å². The summed E-state index contributed by atoms with van der Waals surface area (Å²) >= 11 is 8.83. The van der Waals surface area contributed by atoms with Gasteiger partial charge in [0.05, 0.1) is 10.8 Å². The number of nitrogen functional groups attached to an aromatic ring is 1. The second-order valence-electron chi connectivity index (χ2n) is 2.77. The maximum atomic E-state index is 6.01. The Morgan fingerprint density at radius 3 is 2.87 bits per heavy atom. The van der Waals surface area contributed by atoms with E-state index in [-0.39, 0.29) is 0 Å². The summed E-state index contributed by atoms with van der Waals surface area (Å²) in [7, 11) is 0. The summed E-state index contributed by atoms with van der Waals surface area (Å²) in [6, 6.07) is 7.71. The Morgan fingerprint density at radius 1 is 1.40 bits per heavy atom. The number of benzene rings is 1. The molecule has 0 aliphatic rings. The number of nitrogens with two attached hydrogens (primary N) is 1. The minimum Gasteiger partial charge on any atom is -0.374 e. The molecule has 78 valence electrons. The fourth-order valence-electron chi connectivity index (χ4n) is 1.03. The van der Waals surface area contributed by atoms with E-state index in [1.807, 2.05) is 24.3 Å². The topological polar surface area (TPSA) is 51.8 Å². The fraction of sp³-hybridized carbons (Fsp3) is 0.111. The predicted octanol–water partition coefficient (Wildman–Crippen LogP) is 3.07. The van der Waals surface area contributed by atoms with Gasteiger partial charge in [-0.25, -0.2) is 4.98 Å². The van der Waals surface area contributed by atoms with E-state index in [9.17, 15) is 0 Å². The van der Waals surface area contributed by atoms with Gasteiger partial charge in [-0.15, -0.1) is 11.8 Å². The molecule has 0 aliphatic carbocycles. The molecule has 0 atom stereocenters. The second-order valence-corrected chi connectivity index (χ2v) is 4.98. The van der Waals surface area contributed by atoms with Crippen LogP contribution >= 0.6 is 34.9 Å². The molecule has 0 fully saturated rings. The summed E-state index contributed by atoms with van der Waals surface area (Å²) in [4.78, 5) is 5.11. The average molecular weight is 258 g/mol. The van der Waals surface area contributed by atoms with Crippen molar-refractivity contribution in [2.45, 2.75) is 10.6 Å². The van der Waals surface area contributed by atoms with Crippen molar-refractivity contribution in [3.8, 4) is 0 Å². The lowest BCUT2D eigenvalue weighted by molar-refractivity contribution is 1.14. The molecule has 0 saturated carbocycles. The highest BCUT2D eigenvalue weighted by molar-refractivity contribution is 7.98. The van der Waals surface area contributed by atoms with Crippen LogP contribution in [0.5, 0.6) is 0 Å². The van der Waals surface area contributed by atoms with Gasteiger partial charge in [0.15, 0.2) is 11.0 Å². The van der Waals surface area contributed by atoms with Crippen LogP contribution in [-0.2, 0) is 5.75 Å². The lowest BCUT2D eigenvalue weighted by atomic mass is 10.4. The van der Waals surface area contributed by atoms with Gasteiger partial charge in [-0.1, -0.05) is 23.7 Å². The van der Waals surface area contributed by atoms with Gasteiger partial charge in [0, 0.05) is 16.4 Å². The van der Waals surface area contributed by atoms with Gasteiger partial charge in [-0.3, -0.25) is 0 Å². The SMILES string of the molecule is Nc1nc(CSc2ccccc2Cl)ns1. The van der Waals surface area contributed by atoms with Crippen LogP contribution in [0.2, 0.25) is 5.02 Å². The normalized spacial score (nSPS) is 10.5. The zero-order valence-electron chi connectivity index (χ0n) is 7.68. The first-order chi connectivity index (χ1) is 7.25. The number of nitrogens with zero attached hydrogens (tertiary/aromatic N) is 2. The molecule has 0 aliphatic heterocycles. The molecule has 1 aromatic heterocycles. The Hall–Kier alpha value is -0.780. The van der Waals surface area contributed by atoms with Gasteiger partial charge >= 0.3 is 0 Å². The number of aromatic nitrogens is 2. The maximum Gasteiger partial charge on any atom is 0.199 e. The number of rotatable bonds is 3. The molecule has 0 spiro atoms. The molecule has 0 radical (unpaired) electrons. The Labute approximate surface area is 101 Å². The minimum atomic E-state index is 0.504. The first-order valence-corrected chi connectivity index (χ1v) is 6.35. The summed E-state index contributed by atoms with van der Waals surface area (Å²) in [6.07, 6.45) is 0. The lowest BCUT2D eigenvalue weighted by Gasteiger charge is -2.00. The molecule has 2 N–H and O–H groups in total. The van der Waals surface area contributed by atoms with Crippen LogP contribution in [0.25, 0.3) is 0 Å². The van der Waals surface area contributed by atoms with Crippen molar-refractivity contribution in [3.63, 3.8) is 0 Å². The predicted molar refractivity (Wildman–Crippen MR) is 65.3 cm³/mol. The van der Waals surface area contributed by atoms with E-state index >= 15 is 0 Å². The summed E-state index contributed by atoms with van der Waals surface area (Å²) in [5.41, 5.74) is 5.49. The molecule has 3 nitrogen and oxygen atoms in total. The van der Waals surface area contributed by atoms with E-state index in [2.05, 4.69) is 9.36 Å². The van der Waals surface area contributed by atoms with Crippen LogP contribution in [0.4, 0.5) is 5.13 Å². The standard InChI is InChI=1S/C9H8ClN3S2/c10-6-3-1-2-4-7(6)14-5-8-12-9(11)15-13-8/h1-4H,5H2,(H2,11,12,13). The fourth-order valence-corrected chi connectivity index (χ4v) is 2.66. The third kappa shape index (κ3) is 2.84. The number of hydrogen-bond acceptors (Lipinski definition) is 5. The number of thioether (sulfide) groups is 1. The molecule has 0 bridgehead atoms. The van der Waals surface area contributed by atoms with Crippen molar-refractivity contribution < 1.29 is 0 Å². The number of halogens is 1. The molecule has 2 rings (SSSR count). The average Bonchev–Trinajstić information content (AvgIpc) is 2.63. The number of anilines is 1. The Bertz CT molecular complexity index is 458. The second kappa shape index (κ2) is 4.83. The zero-order valence-corrected chi connectivity index (χ0v) is 10.1. The molecule has 1 aromatic carbocycles. The van der Waals surface area contributed by atoms with Crippen molar-refractivity contribution in [2.75, 3.05) is 5.73 Å². The van der Waals surface area contributed by atoms with Gasteiger partial charge in [0.1, 0.15) is 0 Å². The quantitative estimate of drug-likeness (QED) is 0.859. The van der Waals surface area contributed by atoms with Gasteiger partial charge in [-0.05, 0) is 12.1 Å². The number of hydrogen-bond donors (Lipinski definition) is 1. The molecule has 0 saturated heterocycles.